The fraction of sp³-hybridized carbons (Fsp3) is 0.444. The largest absolute Gasteiger partial charge is 0.480 e. The Bertz CT molecular complexity index is 579. The molecule has 19 heavy (non-hydrogen) atoms. The molecule has 1 unspecified atom stereocenters. The summed E-state index contributed by atoms with van der Waals surface area (Å²) in [4.78, 5) is 21.6. The summed E-state index contributed by atoms with van der Waals surface area (Å²) in [7, 11) is -2.61. The van der Waals surface area contributed by atoms with Crippen molar-refractivity contribution < 1.29 is 23.1 Å². The summed E-state index contributed by atoms with van der Waals surface area (Å²) in [5.74, 6) is -2.09. The minimum absolute atomic E-state index is 0.169. The number of carbonyl (C=O) groups excluding carboxylic acids is 1. The maximum atomic E-state index is 11.9. The van der Waals surface area contributed by atoms with Gasteiger partial charge in [-0.3, -0.25) is 14.3 Å². The third-order valence-corrected chi connectivity index (χ3v) is 3.87. The molecule has 1 rings (SSSR count). The summed E-state index contributed by atoms with van der Waals surface area (Å²) in [5.41, 5.74) is 4.90. The van der Waals surface area contributed by atoms with Crippen LogP contribution in [0.1, 0.15) is 12.8 Å². The molecule has 1 aromatic rings. The lowest BCUT2D eigenvalue weighted by Crippen LogP contribution is -2.41. The van der Waals surface area contributed by atoms with Gasteiger partial charge in [-0.05, 0) is 12.5 Å². The third-order valence-electron chi connectivity index (χ3n) is 2.33. The van der Waals surface area contributed by atoms with Crippen LogP contribution >= 0.6 is 0 Å². The second-order valence-electron chi connectivity index (χ2n) is 3.81. The Labute approximate surface area is 109 Å². The average molecular weight is 290 g/mol. The fourth-order valence-electron chi connectivity index (χ4n) is 1.39. The number of carboxylic acids is 1. The van der Waals surface area contributed by atoms with E-state index in [0.717, 1.165) is 4.68 Å². The Morgan fingerprint density at radius 2 is 2.21 bits per heavy atom. The van der Waals surface area contributed by atoms with Crippen molar-refractivity contribution in [3.05, 3.63) is 12.3 Å². The molecule has 10 heteroatoms. The Morgan fingerprint density at radius 1 is 1.58 bits per heavy atom. The lowest BCUT2D eigenvalue weighted by atomic mass is 10.2. The quantitative estimate of drug-likeness (QED) is 0.552. The van der Waals surface area contributed by atoms with Crippen molar-refractivity contribution in [2.75, 3.05) is 0 Å². The van der Waals surface area contributed by atoms with E-state index in [4.69, 9.17) is 10.8 Å². The Balaban J connectivity index is 2.87. The van der Waals surface area contributed by atoms with Gasteiger partial charge in [-0.2, -0.15) is 9.82 Å². The first-order valence-corrected chi connectivity index (χ1v) is 6.74. The molecule has 0 aliphatic heterocycles. The van der Waals surface area contributed by atoms with Gasteiger partial charge >= 0.3 is 5.97 Å². The van der Waals surface area contributed by atoms with Gasteiger partial charge in [0.25, 0.3) is 10.0 Å². The zero-order valence-corrected chi connectivity index (χ0v) is 10.9. The summed E-state index contributed by atoms with van der Waals surface area (Å²) in [6.45, 7) is 0. The number of aliphatic carboxylic acids is 1. The van der Waals surface area contributed by atoms with Gasteiger partial charge in [0.05, 0.1) is 6.20 Å². The highest BCUT2D eigenvalue weighted by molar-refractivity contribution is 7.89. The van der Waals surface area contributed by atoms with Crippen molar-refractivity contribution in [2.24, 2.45) is 12.8 Å². The molecule has 4 N–H and O–H groups in total. The van der Waals surface area contributed by atoms with Gasteiger partial charge in [-0.25, -0.2) is 8.42 Å². The molecule has 0 aromatic carbocycles. The van der Waals surface area contributed by atoms with E-state index in [1.165, 1.54) is 19.3 Å². The highest BCUT2D eigenvalue weighted by Gasteiger charge is 2.27. The summed E-state index contributed by atoms with van der Waals surface area (Å²) in [6.07, 6.45) is 0.820. The van der Waals surface area contributed by atoms with E-state index in [1.807, 2.05) is 4.72 Å². The number of rotatable bonds is 7. The number of carboxylic acid groups (broad SMARTS) is 1. The van der Waals surface area contributed by atoms with E-state index in [0.29, 0.717) is 0 Å². The molecule has 1 heterocycles. The predicted molar refractivity (Wildman–Crippen MR) is 63.4 cm³/mol. The van der Waals surface area contributed by atoms with Crippen LogP contribution in [0, 0.1) is 0 Å². The average Bonchev–Trinajstić information content (AvgIpc) is 2.70. The highest BCUT2D eigenvalue weighted by atomic mass is 32.2. The molecule has 0 saturated carbocycles. The molecule has 106 valence electrons. The second-order valence-corrected chi connectivity index (χ2v) is 5.47. The van der Waals surface area contributed by atoms with Crippen molar-refractivity contribution in [1.82, 2.24) is 14.5 Å². The van der Waals surface area contributed by atoms with Crippen LogP contribution in [0.4, 0.5) is 0 Å². The smallest absolute Gasteiger partial charge is 0.321 e. The summed E-state index contributed by atoms with van der Waals surface area (Å²) in [6, 6.07) is -0.192. The first kappa shape index (κ1) is 15.1. The number of aromatic nitrogens is 2. The zero-order valence-electron chi connectivity index (χ0n) is 10.1. The number of amides is 1. The molecular formula is C9H14N4O5S. The van der Waals surface area contributed by atoms with Crippen molar-refractivity contribution in [1.29, 1.82) is 0 Å². The van der Waals surface area contributed by atoms with Gasteiger partial charge in [0, 0.05) is 13.5 Å². The van der Waals surface area contributed by atoms with E-state index in [1.54, 1.807) is 0 Å². The molecule has 0 aliphatic rings. The third kappa shape index (κ3) is 4.03. The topological polar surface area (TPSA) is 144 Å². The maximum absolute atomic E-state index is 11.9. The normalized spacial score (nSPS) is 13.1. The van der Waals surface area contributed by atoms with Crippen LogP contribution < -0.4 is 10.5 Å². The van der Waals surface area contributed by atoms with Gasteiger partial charge in [0.2, 0.25) is 5.91 Å². The van der Waals surface area contributed by atoms with Crippen molar-refractivity contribution >= 4 is 21.9 Å². The zero-order chi connectivity index (χ0) is 14.6. The fourth-order valence-corrected chi connectivity index (χ4v) is 2.74. The van der Waals surface area contributed by atoms with Crippen molar-refractivity contribution in [3.63, 3.8) is 0 Å². The molecule has 0 aliphatic carbocycles. The van der Waals surface area contributed by atoms with Crippen LogP contribution in [0.25, 0.3) is 0 Å². The van der Waals surface area contributed by atoms with E-state index < -0.39 is 27.9 Å². The Morgan fingerprint density at radius 3 is 2.63 bits per heavy atom. The highest BCUT2D eigenvalue weighted by Crippen LogP contribution is 2.09. The van der Waals surface area contributed by atoms with E-state index in [9.17, 15) is 18.0 Å². The number of sulfonamides is 1. The first-order chi connectivity index (χ1) is 8.74. The summed E-state index contributed by atoms with van der Waals surface area (Å²) >= 11 is 0. The lowest BCUT2D eigenvalue weighted by Gasteiger charge is -2.13. The molecule has 0 bridgehead atoms. The minimum atomic E-state index is -4.02. The number of carbonyl (C=O) groups is 2. The molecule has 1 aromatic heterocycles. The molecule has 1 amide bonds. The van der Waals surface area contributed by atoms with E-state index in [-0.39, 0.29) is 17.9 Å². The molecule has 0 saturated heterocycles. The van der Waals surface area contributed by atoms with Crippen molar-refractivity contribution in [2.45, 2.75) is 23.9 Å². The van der Waals surface area contributed by atoms with Crippen LogP contribution in [0.2, 0.25) is 0 Å². The first-order valence-electron chi connectivity index (χ1n) is 5.25. The van der Waals surface area contributed by atoms with Crippen molar-refractivity contribution in [3.8, 4) is 0 Å². The van der Waals surface area contributed by atoms with Crippen LogP contribution in [0.5, 0.6) is 0 Å². The second kappa shape index (κ2) is 5.80. The summed E-state index contributed by atoms with van der Waals surface area (Å²) < 4.78 is 26.9. The SMILES string of the molecule is Cn1nccc1S(=O)(=O)NC(CCC(N)=O)C(=O)O. The number of aryl methyl sites for hydroxylation is 1. The van der Waals surface area contributed by atoms with Gasteiger partial charge in [0.1, 0.15) is 6.04 Å². The molecule has 0 fully saturated rings. The van der Waals surface area contributed by atoms with Gasteiger partial charge < -0.3 is 10.8 Å². The number of hydrogen-bond donors (Lipinski definition) is 3. The number of nitrogens with two attached hydrogens (primary N) is 1. The van der Waals surface area contributed by atoms with Crippen LogP contribution in [-0.2, 0) is 26.7 Å². The molecular weight excluding hydrogens is 276 g/mol. The number of primary amides is 1. The lowest BCUT2D eigenvalue weighted by molar-refractivity contribution is -0.139. The Kier molecular flexibility index (Phi) is 4.62. The van der Waals surface area contributed by atoms with Crippen LogP contribution in [0.3, 0.4) is 0 Å². The van der Waals surface area contributed by atoms with Gasteiger partial charge in [-0.1, -0.05) is 0 Å². The standard InChI is InChI=1S/C9H14N4O5S/c1-13-8(4-5-11-13)19(17,18)12-6(9(15)16)2-3-7(10)14/h4-6,12H,2-3H2,1H3,(H2,10,14)(H,15,16). The van der Waals surface area contributed by atoms with E-state index >= 15 is 0 Å². The summed E-state index contributed by atoms with van der Waals surface area (Å²) in [5, 5.41) is 12.4. The van der Waals surface area contributed by atoms with E-state index in [2.05, 4.69) is 5.10 Å². The number of nitrogens with zero attached hydrogens (tertiary/aromatic N) is 2. The Hall–Kier alpha value is -1.94. The number of hydrogen-bond acceptors (Lipinski definition) is 5. The predicted octanol–water partition coefficient (Wildman–Crippen LogP) is -1.58. The van der Waals surface area contributed by atoms with Gasteiger partial charge in [-0.15, -0.1) is 0 Å². The van der Waals surface area contributed by atoms with Crippen LogP contribution in [-0.4, -0.2) is 41.2 Å². The number of nitrogens with one attached hydrogen (secondary N) is 1. The monoisotopic (exact) mass is 290 g/mol. The minimum Gasteiger partial charge on any atom is -0.480 e. The molecule has 9 nitrogen and oxygen atoms in total. The molecule has 0 spiro atoms. The molecule has 0 radical (unpaired) electrons. The molecule has 1 atom stereocenters. The van der Waals surface area contributed by atoms with Gasteiger partial charge in [0.15, 0.2) is 5.03 Å². The van der Waals surface area contributed by atoms with Crippen LogP contribution in [0.15, 0.2) is 17.3 Å². The maximum Gasteiger partial charge on any atom is 0.321 e.